The van der Waals surface area contributed by atoms with E-state index in [1.807, 2.05) is 0 Å². The summed E-state index contributed by atoms with van der Waals surface area (Å²) in [6.07, 6.45) is 2.72. The molecule has 25 heavy (non-hydrogen) atoms. The van der Waals surface area contributed by atoms with Gasteiger partial charge in [-0.3, -0.25) is 4.79 Å². The number of hydrogen-bond acceptors (Lipinski definition) is 8. The molecule has 3 rings (SSSR count). The molecule has 0 unspecified atom stereocenters. The van der Waals surface area contributed by atoms with Crippen LogP contribution in [0.1, 0.15) is 31.4 Å². The Kier molecular flexibility index (Phi) is 4.41. The summed E-state index contributed by atoms with van der Waals surface area (Å²) in [5, 5.41) is 0.398. The molecule has 0 saturated carbocycles. The fourth-order valence-corrected chi connectivity index (χ4v) is 3.38. The summed E-state index contributed by atoms with van der Waals surface area (Å²) in [5.74, 6) is -1.01. The van der Waals surface area contributed by atoms with Crippen molar-refractivity contribution in [3.8, 4) is 0 Å². The lowest BCUT2D eigenvalue weighted by molar-refractivity contribution is 0.0437. The molecule has 0 aliphatic rings. The topological polar surface area (TPSA) is 101 Å². The van der Waals surface area contributed by atoms with Gasteiger partial charge in [-0.2, -0.15) is 0 Å². The molecule has 0 saturated heterocycles. The minimum absolute atomic E-state index is 0.188. The number of carbonyl (C=O) groups excluding carboxylic acids is 2. The monoisotopic (exact) mass is 362 g/mol. The lowest BCUT2D eigenvalue weighted by atomic mass is 10.2. The summed E-state index contributed by atoms with van der Waals surface area (Å²) >= 11 is 1.09. The fraction of sp³-hybridized carbons (Fsp3) is 0.250. The largest absolute Gasteiger partial charge is 0.465 e. The molecule has 3 heterocycles. The van der Waals surface area contributed by atoms with E-state index in [4.69, 9.17) is 9.15 Å². The number of furan rings is 1. The van der Waals surface area contributed by atoms with Crippen molar-refractivity contribution in [1.29, 1.82) is 0 Å². The van der Waals surface area contributed by atoms with Gasteiger partial charge in [-0.05, 0) is 18.6 Å². The van der Waals surface area contributed by atoms with Gasteiger partial charge in [-0.25, -0.2) is 14.6 Å². The molecule has 0 spiro atoms. The van der Waals surface area contributed by atoms with E-state index in [0.29, 0.717) is 15.8 Å². The summed E-state index contributed by atoms with van der Waals surface area (Å²) in [7, 11) is 2.84. The van der Waals surface area contributed by atoms with Gasteiger partial charge >= 0.3 is 11.9 Å². The molecule has 0 radical (unpaired) electrons. The molecule has 0 fully saturated rings. The van der Waals surface area contributed by atoms with E-state index >= 15 is 0 Å². The van der Waals surface area contributed by atoms with Crippen molar-refractivity contribution in [1.82, 2.24) is 9.55 Å². The number of aryl methyl sites for hydroxylation is 2. The van der Waals surface area contributed by atoms with Crippen LogP contribution in [-0.2, 0) is 23.1 Å². The fourth-order valence-electron chi connectivity index (χ4n) is 2.34. The molecule has 3 aromatic rings. The SMILES string of the molecule is COC(=O)c1ccoc1COC(=O)c1sc2ncn(C)c(=O)c2c1C. The summed E-state index contributed by atoms with van der Waals surface area (Å²) in [5.41, 5.74) is 0.488. The van der Waals surface area contributed by atoms with E-state index < -0.39 is 11.9 Å². The number of aromatic nitrogens is 2. The van der Waals surface area contributed by atoms with Crippen LogP contribution in [0.25, 0.3) is 10.2 Å². The maximum atomic E-state index is 12.4. The van der Waals surface area contributed by atoms with Crippen LogP contribution < -0.4 is 5.56 Å². The first-order valence-corrected chi connectivity index (χ1v) is 8.02. The number of thiophene rings is 1. The average molecular weight is 362 g/mol. The van der Waals surface area contributed by atoms with Crippen LogP contribution >= 0.6 is 11.3 Å². The van der Waals surface area contributed by atoms with Crippen LogP contribution in [0.3, 0.4) is 0 Å². The van der Waals surface area contributed by atoms with E-state index in [2.05, 4.69) is 9.72 Å². The molecule has 0 amide bonds. The molecule has 0 bridgehead atoms. The molecule has 0 aromatic carbocycles. The number of fused-ring (bicyclic) bond motifs is 1. The van der Waals surface area contributed by atoms with E-state index in [0.717, 1.165) is 11.3 Å². The highest BCUT2D eigenvalue weighted by Crippen LogP contribution is 2.27. The van der Waals surface area contributed by atoms with Crippen LogP contribution in [0.15, 0.2) is 27.9 Å². The second kappa shape index (κ2) is 6.52. The highest BCUT2D eigenvalue weighted by molar-refractivity contribution is 7.20. The van der Waals surface area contributed by atoms with Gasteiger partial charge in [0.05, 0.1) is 25.1 Å². The number of carbonyl (C=O) groups is 2. The van der Waals surface area contributed by atoms with Gasteiger partial charge in [-0.15, -0.1) is 11.3 Å². The van der Waals surface area contributed by atoms with Crippen LogP contribution in [-0.4, -0.2) is 28.6 Å². The van der Waals surface area contributed by atoms with Crippen molar-refractivity contribution >= 4 is 33.5 Å². The molecule has 0 aliphatic carbocycles. The van der Waals surface area contributed by atoms with Crippen LogP contribution in [0.2, 0.25) is 0 Å². The van der Waals surface area contributed by atoms with Crippen LogP contribution in [0.5, 0.6) is 0 Å². The number of nitrogens with zero attached hydrogens (tertiary/aromatic N) is 2. The quantitative estimate of drug-likeness (QED) is 0.655. The molecule has 0 aliphatic heterocycles. The highest BCUT2D eigenvalue weighted by atomic mass is 32.1. The average Bonchev–Trinajstić information content (AvgIpc) is 3.20. The minimum atomic E-state index is -0.616. The second-order valence-corrected chi connectivity index (χ2v) is 6.22. The Bertz CT molecular complexity index is 1030. The van der Waals surface area contributed by atoms with Crippen molar-refractivity contribution < 1.29 is 23.5 Å². The smallest absolute Gasteiger partial charge is 0.349 e. The Morgan fingerprint density at radius 3 is 2.84 bits per heavy atom. The number of rotatable bonds is 4. The molecule has 0 atom stereocenters. The summed E-state index contributed by atoms with van der Waals surface area (Å²) < 4.78 is 16.4. The van der Waals surface area contributed by atoms with Gasteiger partial charge in [0.2, 0.25) is 0 Å². The molecular weight excluding hydrogens is 348 g/mol. The second-order valence-electron chi connectivity index (χ2n) is 5.22. The normalized spacial score (nSPS) is 10.8. The summed E-state index contributed by atoms with van der Waals surface area (Å²) in [6, 6.07) is 1.44. The van der Waals surface area contributed by atoms with Gasteiger partial charge in [-0.1, -0.05) is 0 Å². The summed E-state index contributed by atoms with van der Waals surface area (Å²) in [4.78, 5) is 41.1. The lowest BCUT2D eigenvalue weighted by Crippen LogP contribution is -2.16. The van der Waals surface area contributed by atoms with Crippen molar-refractivity contribution in [3.63, 3.8) is 0 Å². The van der Waals surface area contributed by atoms with Crippen molar-refractivity contribution in [2.45, 2.75) is 13.5 Å². The van der Waals surface area contributed by atoms with E-state index in [9.17, 15) is 14.4 Å². The molecule has 0 N–H and O–H groups in total. The first kappa shape index (κ1) is 16.9. The number of methoxy groups -OCH3 is 1. The Balaban J connectivity index is 1.85. The first-order chi connectivity index (χ1) is 11.9. The number of esters is 2. The zero-order chi connectivity index (χ0) is 18.1. The predicted molar refractivity (Wildman–Crippen MR) is 88.8 cm³/mol. The zero-order valence-electron chi connectivity index (χ0n) is 13.7. The van der Waals surface area contributed by atoms with E-state index in [1.165, 1.54) is 30.3 Å². The third-order valence-electron chi connectivity index (χ3n) is 3.68. The number of hydrogen-bond donors (Lipinski definition) is 0. The van der Waals surface area contributed by atoms with Gasteiger partial charge in [0.15, 0.2) is 12.4 Å². The van der Waals surface area contributed by atoms with Crippen molar-refractivity contribution in [2.75, 3.05) is 7.11 Å². The third-order valence-corrected chi connectivity index (χ3v) is 4.86. The van der Waals surface area contributed by atoms with E-state index in [1.54, 1.807) is 14.0 Å². The van der Waals surface area contributed by atoms with Gasteiger partial charge in [0.1, 0.15) is 15.3 Å². The first-order valence-electron chi connectivity index (χ1n) is 7.20. The van der Waals surface area contributed by atoms with Gasteiger partial charge in [0, 0.05) is 7.05 Å². The lowest BCUT2D eigenvalue weighted by Gasteiger charge is -2.04. The van der Waals surface area contributed by atoms with Crippen LogP contribution in [0.4, 0.5) is 0 Å². The Hall–Kier alpha value is -2.94. The van der Waals surface area contributed by atoms with Crippen molar-refractivity contribution in [3.05, 3.63) is 50.8 Å². The van der Waals surface area contributed by atoms with Crippen molar-refractivity contribution in [2.24, 2.45) is 7.05 Å². The standard InChI is InChI=1S/C16H14N2O6S/c1-8-11-13(17-7-18(2)14(11)19)25-12(8)16(21)24-6-10-9(4-5-23-10)15(20)22-3/h4-5,7H,6H2,1-3H3. The third kappa shape index (κ3) is 2.93. The Morgan fingerprint density at radius 1 is 1.36 bits per heavy atom. The molecule has 9 heteroatoms. The van der Waals surface area contributed by atoms with E-state index in [-0.39, 0.29) is 28.4 Å². The van der Waals surface area contributed by atoms with Gasteiger partial charge < -0.3 is 18.5 Å². The highest BCUT2D eigenvalue weighted by Gasteiger charge is 2.22. The van der Waals surface area contributed by atoms with Gasteiger partial charge in [0.25, 0.3) is 5.56 Å². The molecular formula is C16H14N2O6S. The molecule has 8 nitrogen and oxygen atoms in total. The Morgan fingerprint density at radius 2 is 2.12 bits per heavy atom. The number of ether oxygens (including phenoxy) is 2. The minimum Gasteiger partial charge on any atom is -0.465 e. The molecule has 3 aromatic heterocycles. The Labute approximate surface area is 145 Å². The predicted octanol–water partition coefficient (Wildman–Crippen LogP) is 2.04. The zero-order valence-corrected chi connectivity index (χ0v) is 14.5. The maximum absolute atomic E-state index is 12.4. The van der Waals surface area contributed by atoms with Crippen LogP contribution in [0, 0.1) is 6.92 Å². The summed E-state index contributed by atoms with van der Waals surface area (Å²) in [6.45, 7) is 1.45. The maximum Gasteiger partial charge on any atom is 0.349 e. The molecule has 130 valence electrons.